The molecule has 0 amide bonds. The quantitative estimate of drug-likeness (QED) is 0.633. The van der Waals surface area contributed by atoms with Crippen molar-refractivity contribution in [2.45, 2.75) is 23.6 Å². The van der Waals surface area contributed by atoms with Gasteiger partial charge in [0.25, 0.3) is 0 Å². The molecule has 4 nitrogen and oxygen atoms in total. The monoisotopic (exact) mass is 335 g/mol. The number of aryl methyl sites for hydroxylation is 1. The number of rotatable bonds is 6. The SMILES string of the molecule is Cc1ccc(OCc2nc(CSc3nncs3)cs2)cc1. The minimum atomic E-state index is 0.511. The molecule has 2 aromatic heterocycles. The molecule has 0 aliphatic heterocycles. The number of aromatic nitrogens is 3. The molecular weight excluding hydrogens is 322 g/mol. The lowest BCUT2D eigenvalue weighted by Gasteiger charge is -2.03. The highest BCUT2D eigenvalue weighted by molar-refractivity contribution is 8.00. The van der Waals surface area contributed by atoms with E-state index in [4.69, 9.17) is 4.74 Å². The van der Waals surface area contributed by atoms with Crippen LogP contribution in [0.1, 0.15) is 16.3 Å². The summed E-state index contributed by atoms with van der Waals surface area (Å²) in [6, 6.07) is 8.05. The molecule has 3 aromatic rings. The number of hydrogen-bond donors (Lipinski definition) is 0. The maximum absolute atomic E-state index is 5.73. The Hall–Kier alpha value is -1.44. The van der Waals surface area contributed by atoms with E-state index in [1.807, 2.05) is 24.3 Å². The van der Waals surface area contributed by atoms with Crippen LogP contribution in [0, 0.1) is 6.92 Å². The molecule has 0 saturated carbocycles. The van der Waals surface area contributed by atoms with E-state index in [0.717, 1.165) is 26.5 Å². The molecule has 1 aromatic carbocycles. The molecule has 0 atom stereocenters. The molecule has 7 heteroatoms. The van der Waals surface area contributed by atoms with Crippen molar-refractivity contribution in [3.63, 3.8) is 0 Å². The van der Waals surface area contributed by atoms with Crippen LogP contribution in [0.25, 0.3) is 0 Å². The van der Waals surface area contributed by atoms with Crippen molar-refractivity contribution < 1.29 is 4.74 Å². The Labute approximate surface area is 135 Å². The highest BCUT2D eigenvalue weighted by Gasteiger charge is 2.05. The predicted octanol–water partition coefficient (Wildman–Crippen LogP) is 4.17. The third-order valence-electron chi connectivity index (χ3n) is 2.67. The molecule has 0 N–H and O–H groups in total. The van der Waals surface area contributed by atoms with Crippen LogP contribution < -0.4 is 4.74 Å². The van der Waals surface area contributed by atoms with Crippen LogP contribution in [0.5, 0.6) is 5.75 Å². The molecular formula is C14H13N3OS3. The first-order valence-electron chi connectivity index (χ1n) is 6.31. The van der Waals surface area contributed by atoms with Gasteiger partial charge in [0, 0.05) is 11.1 Å². The molecule has 0 bridgehead atoms. The Bertz CT molecular complexity index is 680. The van der Waals surface area contributed by atoms with Crippen molar-refractivity contribution in [2.75, 3.05) is 0 Å². The zero-order valence-corrected chi connectivity index (χ0v) is 13.8. The summed E-state index contributed by atoms with van der Waals surface area (Å²) in [4.78, 5) is 4.57. The zero-order valence-electron chi connectivity index (χ0n) is 11.4. The van der Waals surface area contributed by atoms with Crippen LogP contribution in [0.3, 0.4) is 0 Å². The molecule has 0 saturated heterocycles. The smallest absolute Gasteiger partial charge is 0.174 e. The van der Waals surface area contributed by atoms with Crippen molar-refractivity contribution in [1.82, 2.24) is 15.2 Å². The summed E-state index contributed by atoms with van der Waals surface area (Å²) in [7, 11) is 0. The van der Waals surface area contributed by atoms with Gasteiger partial charge < -0.3 is 4.74 Å². The van der Waals surface area contributed by atoms with E-state index >= 15 is 0 Å². The van der Waals surface area contributed by atoms with Gasteiger partial charge >= 0.3 is 0 Å². The highest BCUT2D eigenvalue weighted by atomic mass is 32.2. The molecule has 0 radical (unpaired) electrons. The van der Waals surface area contributed by atoms with Gasteiger partial charge in [-0.3, -0.25) is 0 Å². The maximum atomic E-state index is 5.73. The van der Waals surface area contributed by atoms with Gasteiger partial charge in [-0.25, -0.2) is 4.98 Å². The van der Waals surface area contributed by atoms with Gasteiger partial charge in [0.15, 0.2) is 4.34 Å². The van der Waals surface area contributed by atoms with Crippen LogP contribution in [0.2, 0.25) is 0 Å². The number of hydrogen-bond acceptors (Lipinski definition) is 7. The summed E-state index contributed by atoms with van der Waals surface area (Å²) in [6.45, 7) is 2.57. The summed E-state index contributed by atoms with van der Waals surface area (Å²) in [5.41, 5.74) is 4.03. The van der Waals surface area contributed by atoms with Crippen LogP contribution in [0.15, 0.2) is 39.5 Å². The predicted molar refractivity (Wildman–Crippen MR) is 87.1 cm³/mol. The third-order valence-corrected chi connectivity index (χ3v) is 5.43. The minimum Gasteiger partial charge on any atom is -0.486 e. The molecule has 3 rings (SSSR count). The molecule has 0 aliphatic rings. The summed E-state index contributed by atoms with van der Waals surface area (Å²) in [6.07, 6.45) is 0. The second-order valence-electron chi connectivity index (χ2n) is 4.33. The molecule has 108 valence electrons. The lowest BCUT2D eigenvalue weighted by Crippen LogP contribution is -1.95. The largest absolute Gasteiger partial charge is 0.486 e. The van der Waals surface area contributed by atoms with Gasteiger partial charge in [0.2, 0.25) is 0 Å². The standard InChI is InChI=1S/C14H13N3OS3/c1-10-2-4-12(5-3-10)18-6-13-16-11(7-19-13)8-20-14-17-15-9-21-14/h2-5,7,9H,6,8H2,1H3. The van der Waals surface area contributed by atoms with Crippen molar-refractivity contribution in [3.8, 4) is 5.75 Å². The summed E-state index contributed by atoms with van der Waals surface area (Å²) in [5, 5.41) is 10.9. The van der Waals surface area contributed by atoms with E-state index in [2.05, 4.69) is 27.5 Å². The number of nitrogens with zero attached hydrogens (tertiary/aromatic N) is 3. The third kappa shape index (κ3) is 4.26. The summed E-state index contributed by atoms with van der Waals surface area (Å²) < 4.78 is 6.70. The lowest BCUT2D eigenvalue weighted by atomic mass is 10.2. The van der Waals surface area contributed by atoms with Crippen LogP contribution in [0.4, 0.5) is 0 Å². The summed E-state index contributed by atoms with van der Waals surface area (Å²) in [5.74, 6) is 1.69. The number of thioether (sulfide) groups is 1. The van der Waals surface area contributed by atoms with E-state index in [1.165, 1.54) is 5.56 Å². The average Bonchev–Trinajstić information content (AvgIpc) is 3.16. The molecule has 0 spiro atoms. The van der Waals surface area contributed by atoms with Gasteiger partial charge in [-0.1, -0.05) is 40.8 Å². The van der Waals surface area contributed by atoms with Crippen molar-refractivity contribution in [2.24, 2.45) is 0 Å². The van der Waals surface area contributed by atoms with Crippen LogP contribution in [-0.2, 0) is 12.4 Å². The molecule has 2 heterocycles. The first kappa shape index (κ1) is 14.5. The Morgan fingerprint density at radius 3 is 2.81 bits per heavy atom. The van der Waals surface area contributed by atoms with E-state index < -0.39 is 0 Å². The maximum Gasteiger partial charge on any atom is 0.174 e. The molecule has 21 heavy (non-hydrogen) atoms. The fraction of sp³-hybridized carbons (Fsp3) is 0.214. The Morgan fingerprint density at radius 1 is 1.19 bits per heavy atom. The fourth-order valence-electron chi connectivity index (χ4n) is 1.62. The lowest BCUT2D eigenvalue weighted by molar-refractivity contribution is 0.305. The second kappa shape index (κ2) is 7.02. The number of ether oxygens (including phenoxy) is 1. The van der Waals surface area contributed by atoms with Gasteiger partial charge in [-0.15, -0.1) is 21.5 Å². The van der Waals surface area contributed by atoms with Gasteiger partial charge in [-0.2, -0.15) is 0 Å². The number of benzene rings is 1. The van der Waals surface area contributed by atoms with E-state index in [9.17, 15) is 0 Å². The van der Waals surface area contributed by atoms with E-state index in [0.29, 0.717) is 6.61 Å². The summed E-state index contributed by atoms with van der Waals surface area (Å²) >= 11 is 4.83. The second-order valence-corrected chi connectivity index (χ2v) is 7.33. The molecule has 0 fully saturated rings. The topological polar surface area (TPSA) is 47.9 Å². The molecule has 0 unspecified atom stereocenters. The Kier molecular flexibility index (Phi) is 4.84. The number of thiazole rings is 1. The Balaban J connectivity index is 1.51. The zero-order chi connectivity index (χ0) is 14.5. The first-order valence-corrected chi connectivity index (χ1v) is 9.06. The van der Waals surface area contributed by atoms with Crippen molar-refractivity contribution >= 4 is 34.4 Å². The van der Waals surface area contributed by atoms with Gasteiger partial charge in [0.05, 0.1) is 5.69 Å². The van der Waals surface area contributed by atoms with Gasteiger partial charge in [0.1, 0.15) is 22.9 Å². The van der Waals surface area contributed by atoms with Crippen LogP contribution >= 0.6 is 34.4 Å². The normalized spacial score (nSPS) is 10.7. The minimum absolute atomic E-state index is 0.511. The van der Waals surface area contributed by atoms with Crippen LogP contribution in [-0.4, -0.2) is 15.2 Å². The van der Waals surface area contributed by atoms with Crippen molar-refractivity contribution in [3.05, 3.63) is 51.4 Å². The Morgan fingerprint density at radius 2 is 2.05 bits per heavy atom. The van der Waals surface area contributed by atoms with E-state index in [1.54, 1.807) is 39.9 Å². The average molecular weight is 335 g/mol. The van der Waals surface area contributed by atoms with Gasteiger partial charge in [-0.05, 0) is 19.1 Å². The fourth-order valence-corrected chi connectivity index (χ4v) is 3.81. The molecule has 0 aliphatic carbocycles. The highest BCUT2D eigenvalue weighted by Crippen LogP contribution is 2.24. The van der Waals surface area contributed by atoms with E-state index in [-0.39, 0.29) is 0 Å². The van der Waals surface area contributed by atoms with Crippen molar-refractivity contribution in [1.29, 1.82) is 0 Å². The first-order chi connectivity index (χ1) is 10.3.